The molecule has 0 radical (unpaired) electrons. The van der Waals surface area contributed by atoms with E-state index in [-0.39, 0.29) is 23.7 Å². The fraction of sp³-hybridized carbons (Fsp3) is 0.409. The number of nitrogens with one attached hydrogen (secondary N) is 1. The van der Waals surface area contributed by atoms with E-state index in [1.165, 1.54) is 6.33 Å². The summed E-state index contributed by atoms with van der Waals surface area (Å²) in [5.74, 6) is 0. The maximum absolute atomic E-state index is 12.9. The monoisotopic (exact) mass is 444 g/mol. The summed E-state index contributed by atoms with van der Waals surface area (Å²) in [5.41, 5.74) is 1.32. The summed E-state index contributed by atoms with van der Waals surface area (Å²) in [4.78, 5) is 33.5. The molecule has 1 aromatic carbocycles. The predicted molar refractivity (Wildman–Crippen MR) is 118 cm³/mol. The minimum atomic E-state index is -0.583. The number of aromatic nitrogens is 3. The van der Waals surface area contributed by atoms with E-state index in [4.69, 9.17) is 21.1 Å². The number of morpholine rings is 1. The average molecular weight is 445 g/mol. The van der Waals surface area contributed by atoms with Gasteiger partial charge in [-0.15, -0.1) is 0 Å². The van der Waals surface area contributed by atoms with Gasteiger partial charge in [-0.05, 0) is 51.5 Å². The van der Waals surface area contributed by atoms with Crippen molar-refractivity contribution in [2.24, 2.45) is 0 Å². The molecule has 164 valence electrons. The van der Waals surface area contributed by atoms with Crippen molar-refractivity contribution in [2.75, 3.05) is 13.2 Å². The van der Waals surface area contributed by atoms with Gasteiger partial charge in [-0.25, -0.2) is 9.78 Å². The zero-order chi connectivity index (χ0) is 22.3. The maximum Gasteiger partial charge on any atom is 0.411 e. The topological polar surface area (TPSA) is 89.5 Å². The smallest absolute Gasteiger partial charge is 0.411 e. The predicted octanol–water partition coefficient (Wildman–Crippen LogP) is 4.06. The molecule has 1 saturated heterocycles. The summed E-state index contributed by atoms with van der Waals surface area (Å²) < 4.78 is 13.1. The molecule has 0 spiro atoms. The third kappa shape index (κ3) is 4.18. The molecule has 9 heteroatoms. The Kier molecular flexibility index (Phi) is 5.53. The molecule has 0 saturated carbocycles. The third-order valence-electron chi connectivity index (χ3n) is 5.14. The number of halogens is 1. The molecule has 1 fully saturated rings. The first-order chi connectivity index (χ1) is 14.7. The molecule has 2 atom stereocenters. The number of rotatable bonds is 2. The third-order valence-corrected chi connectivity index (χ3v) is 5.42. The summed E-state index contributed by atoms with van der Waals surface area (Å²) >= 11 is 6.39. The van der Waals surface area contributed by atoms with E-state index in [1.54, 1.807) is 15.5 Å². The molecule has 1 N–H and O–H groups in total. The molecule has 31 heavy (non-hydrogen) atoms. The summed E-state index contributed by atoms with van der Waals surface area (Å²) in [5, 5.41) is 0.805. The molecular weight excluding hydrogens is 420 g/mol. The van der Waals surface area contributed by atoms with Gasteiger partial charge in [-0.1, -0.05) is 23.7 Å². The quantitative estimate of drug-likeness (QED) is 0.643. The number of aromatic amines is 1. The lowest BCUT2D eigenvalue weighted by Gasteiger charge is -2.41. The summed E-state index contributed by atoms with van der Waals surface area (Å²) in [6.07, 6.45) is 0.992. The Morgan fingerprint density at radius 3 is 2.65 bits per heavy atom. The van der Waals surface area contributed by atoms with Crippen LogP contribution in [0.4, 0.5) is 4.79 Å². The first-order valence-corrected chi connectivity index (χ1v) is 10.5. The lowest BCUT2D eigenvalue weighted by molar-refractivity contribution is -0.0573. The maximum atomic E-state index is 12.9. The van der Waals surface area contributed by atoms with E-state index in [0.29, 0.717) is 29.4 Å². The van der Waals surface area contributed by atoms with Crippen molar-refractivity contribution in [3.05, 3.63) is 57.7 Å². The molecule has 1 aliphatic heterocycles. The zero-order valence-electron chi connectivity index (χ0n) is 17.9. The minimum Gasteiger partial charge on any atom is -0.444 e. The van der Waals surface area contributed by atoms with E-state index >= 15 is 0 Å². The number of H-pyrrole nitrogens is 1. The van der Waals surface area contributed by atoms with Crippen LogP contribution in [0.1, 0.15) is 39.3 Å². The summed E-state index contributed by atoms with van der Waals surface area (Å²) in [6, 6.07) is 8.82. The van der Waals surface area contributed by atoms with Crippen LogP contribution in [0.5, 0.6) is 0 Å². The summed E-state index contributed by atoms with van der Waals surface area (Å²) in [6.45, 7) is 8.34. The van der Waals surface area contributed by atoms with Crippen molar-refractivity contribution >= 4 is 28.7 Å². The van der Waals surface area contributed by atoms with Crippen LogP contribution in [-0.4, -0.2) is 50.4 Å². The molecule has 3 aromatic rings. The number of fused-ring (bicyclic) bond motifs is 1. The molecule has 4 rings (SSSR count). The van der Waals surface area contributed by atoms with Crippen LogP contribution in [0.15, 0.2) is 41.5 Å². The molecule has 0 aliphatic carbocycles. The first-order valence-electron chi connectivity index (χ1n) is 10.1. The van der Waals surface area contributed by atoms with E-state index in [1.807, 2.05) is 52.0 Å². The van der Waals surface area contributed by atoms with Gasteiger partial charge < -0.3 is 14.5 Å². The van der Waals surface area contributed by atoms with Gasteiger partial charge in [0.15, 0.2) is 5.65 Å². The zero-order valence-corrected chi connectivity index (χ0v) is 18.6. The van der Waals surface area contributed by atoms with Crippen LogP contribution in [0.2, 0.25) is 5.15 Å². The number of nitrogens with zero attached hydrogens (tertiary/aromatic N) is 3. The van der Waals surface area contributed by atoms with E-state index in [9.17, 15) is 9.59 Å². The van der Waals surface area contributed by atoms with Gasteiger partial charge in [-0.2, -0.15) is 0 Å². The second-order valence-corrected chi connectivity index (χ2v) is 9.04. The number of hydrogen-bond donors (Lipinski definition) is 1. The second-order valence-electron chi connectivity index (χ2n) is 8.65. The minimum absolute atomic E-state index is 0.118. The fourth-order valence-electron chi connectivity index (χ4n) is 3.78. The van der Waals surface area contributed by atoms with Crippen LogP contribution < -0.4 is 5.56 Å². The molecule has 1 aliphatic rings. The summed E-state index contributed by atoms with van der Waals surface area (Å²) in [7, 11) is 0. The van der Waals surface area contributed by atoms with Crippen molar-refractivity contribution in [1.82, 2.24) is 19.4 Å². The Bertz CT molecular complexity index is 1160. The van der Waals surface area contributed by atoms with Crippen molar-refractivity contribution < 1.29 is 14.3 Å². The normalized spacial score (nSPS) is 19.6. The highest BCUT2D eigenvalue weighted by molar-refractivity contribution is 6.31. The lowest BCUT2D eigenvalue weighted by Crippen LogP contribution is -2.50. The molecule has 2 aromatic heterocycles. The number of ether oxygens (including phenoxy) is 2. The number of benzene rings is 1. The highest BCUT2D eigenvalue weighted by Gasteiger charge is 2.36. The van der Waals surface area contributed by atoms with Gasteiger partial charge in [0.1, 0.15) is 10.8 Å². The lowest BCUT2D eigenvalue weighted by atomic mass is 10.0. The van der Waals surface area contributed by atoms with Crippen LogP contribution in [0.25, 0.3) is 16.7 Å². The Labute approximate surface area is 184 Å². The standard InChI is InChI=1S/C22H25ClN4O4/c1-13-10-30-11-17(26(13)21(29)31-22(2,3)4)14-5-7-15(8-6-14)27-18(23)9-16-19(27)24-12-25-20(16)28/h5-9,12-13,17H,10-11H2,1-4H3,(H,24,25,28)/t13-,17-/m0/s1. The molecule has 3 heterocycles. The van der Waals surface area contributed by atoms with Gasteiger partial charge in [0.2, 0.25) is 0 Å². The van der Waals surface area contributed by atoms with Gasteiger partial charge >= 0.3 is 6.09 Å². The molecular formula is C22H25ClN4O4. The first kappa shape index (κ1) is 21.4. The number of amides is 1. The van der Waals surface area contributed by atoms with E-state index < -0.39 is 5.60 Å². The van der Waals surface area contributed by atoms with Crippen molar-refractivity contribution in [3.63, 3.8) is 0 Å². The highest BCUT2D eigenvalue weighted by Crippen LogP contribution is 2.31. The van der Waals surface area contributed by atoms with Crippen molar-refractivity contribution in [3.8, 4) is 5.69 Å². The second kappa shape index (κ2) is 8.01. The average Bonchev–Trinajstić information content (AvgIpc) is 3.04. The Morgan fingerprint density at radius 2 is 1.97 bits per heavy atom. The van der Waals surface area contributed by atoms with Crippen LogP contribution in [0, 0.1) is 0 Å². The fourth-order valence-corrected chi connectivity index (χ4v) is 4.07. The van der Waals surface area contributed by atoms with Crippen molar-refractivity contribution in [1.29, 1.82) is 0 Å². The molecule has 8 nitrogen and oxygen atoms in total. The van der Waals surface area contributed by atoms with E-state index in [2.05, 4.69) is 9.97 Å². The van der Waals surface area contributed by atoms with Gasteiger partial charge in [0.25, 0.3) is 5.56 Å². The number of carbonyl (C=O) groups is 1. The van der Waals surface area contributed by atoms with Gasteiger partial charge in [-0.3, -0.25) is 14.3 Å². The van der Waals surface area contributed by atoms with Crippen LogP contribution in [-0.2, 0) is 9.47 Å². The van der Waals surface area contributed by atoms with E-state index in [0.717, 1.165) is 11.3 Å². The Hall–Kier alpha value is -2.84. The number of carbonyl (C=O) groups excluding carboxylic acids is 1. The Morgan fingerprint density at radius 1 is 1.26 bits per heavy atom. The number of hydrogen-bond acceptors (Lipinski definition) is 5. The Balaban J connectivity index is 1.67. The molecule has 0 unspecified atom stereocenters. The van der Waals surface area contributed by atoms with Crippen LogP contribution >= 0.6 is 11.6 Å². The largest absolute Gasteiger partial charge is 0.444 e. The van der Waals surface area contributed by atoms with Gasteiger partial charge in [0, 0.05) is 5.69 Å². The van der Waals surface area contributed by atoms with Gasteiger partial charge in [0.05, 0.1) is 37.0 Å². The molecule has 1 amide bonds. The highest BCUT2D eigenvalue weighted by atomic mass is 35.5. The molecule has 0 bridgehead atoms. The SMILES string of the molecule is C[C@H]1COC[C@@H](c2ccc(-n3c(Cl)cc4c(=O)[nH]cnc43)cc2)N1C(=O)OC(C)(C)C. The van der Waals surface area contributed by atoms with Crippen molar-refractivity contribution in [2.45, 2.75) is 45.4 Å². The van der Waals surface area contributed by atoms with Crippen LogP contribution in [0.3, 0.4) is 0 Å².